The van der Waals surface area contributed by atoms with Crippen molar-refractivity contribution in [3.63, 3.8) is 0 Å². The molecule has 2 N–H and O–H groups in total. The summed E-state index contributed by atoms with van der Waals surface area (Å²) in [4.78, 5) is 12.2. The number of hydrogen-bond acceptors (Lipinski definition) is 3. The first kappa shape index (κ1) is 18.1. The molecule has 0 aromatic heterocycles. The highest BCUT2D eigenvalue weighted by Gasteiger charge is 2.51. The van der Waals surface area contributed by atoms with Crippen molar-refractivity contribution in [1.82, 2.24) is 10.7 Å². The summed E-state index contributed by atoms with van der Waals surface area (Å²) >= 11 is 0. The van der Waals surface area contributed by atoms with E-state index in [4.69, 9.17) is 0 Å². The highest BCUT2D eigenvalue weighted by Crippen LogP contribution is 2.55. The first-order chi connectivity index (χ1) is 12.8. The maximum absolute atomic E-state index is 12.2. The molecule has 4 saturated carbocycles. The number of amides is 2. The molecule has 0 spiro atoms. The molecule has 0 heterocycles. The second-order valence-electron chi connectivity index (χ2n) is 8.14. The van der Waals surface area contributed by atoms with Crippen molar-refractivity contribution in [3.05, 3.63) is 29.8 Å². The molecule has 4 aliphatic carbocycles. The summed E-state index contributed by atoms with van der Waals surface area (Å²) in [6.45, 7) is 0. The Balaban J connectivity index is 1.29. The van der Waals surface area contributed by atoms with Gasteiger partial charge in [-0.25, -0.2) is 10.2 Å². The molecule has 27 heavy (non-hydrogen) atoms. The van der Waals surface area contributed by atoms with Gasteiger partial charge in [0.15, 0.2) is 0 Å². The number of urea groups is 1. The van der Waals surface area contributed by atoms with Crippen molar-refractivity contribution < 1.29 is 22.7 Å². The van der Waals surface area contributed by atoms with Gasteiger partial charge in [0.05, 0.1) is 6.21 Å². The van der Waals surface area contributed by atoms with E-state index in [0.717, 1.165) is 37.0 Å². The van der Waals surface area contributed by atoms with Gasteiger partial charge in [-0.05, 0) is 86.1 Å². The molecule has 8 heteroatoms. The van der Waals surface area contributed by atoms with Gasteiger partial charge in [0.25, 0.3) is 0 Å². The molecule has 1 aromatic rings. The highest BCUT2D eigenvalue weighted by molar-refractivity contribution is 5.82. The van der Waals surface area contributed by atoms with Crippen molar-refractivity contribution in [2.45, 2.75) is 50.4 Å². The van der Waals surface area contributed by atoms with Crippen LogP contribution in [0.1, 0.15) is 44.1 Å². The minimum atomic E-state index is -4.72. The largest absolute Gasteiger partial charge is 0.573 e. The smallest absolute Gasteiger partial charge is 0.406 e. The van der Waals surface area contributed by atoms with E-state index in [1.54, 1.807) is 0 Å². The van der Waals surface area contributed by atoms with Crippen molar-refractivity contribution >= 4 is 12.2 Å². The summed E-state index contributed by atoms with van der Waals surface area (Å²) in [6.07, 6.45) is 3.73. The number of carbonyl (C=O) groups excluding carboxylic acids is 1. The first-order valence-electron chi connectivity index (χ1n) is 9.26. The molecule has 0 radical (unpaired) electrons. The summed E-state index contributed by atoms with van der Waals surface area (Å²) in [5.41, 5.74) is 2.93. The van der Waals surface area contributed by atoms with E-state index in [0.29, 0.717) is 5.56 Å². The van der Waals surface area contributed by atoms with E-state index in [1.807, 2.05) is 0 Å². The van der Waals surface area contributed by atoms with Crippen LogP contribution in [0.2, 0.25) is 0 Å². The number of ether oxygens (including phenoxy) is 1. The molecule has 4 fully saturated rings. The third-order valence-corrected chi connectivity index (χ3v) is 5.91. The molecule has 0 atom stereocenters. The second kappa shape index (κ2) is 6.73. The van der Waals surface area contributed by atoms with Gasteiger partial charge in [0.1, 0.15) is 5.75 Å². The maximum atomic E-state index is 12.2. The van der Waals surface area contributed by atoms with Crippen LogP contribution in [0, 0.1) is 17.8 Å². The molecule has 4 aliphatic rings. The van der Waals surface area contributed by atoms with Crippen LogP contribution in [0.4, 0.5) is 18.0 Å². The van der Waals surface area contributed by atoms with Crippen molar-refractivity contribution in [3.8, 4) is 5.75 Å². The van der Waals surface area contributed by atoms with Crippen LogP contribution in [-0.4, -0.2) is 24.1 Å². The lowest BCUT2D eigenvalue weighted by atomic mass is 9.53. The third kappa shape index (κ3) is 4.36. The summed E-state index contributed by atoms with van der Waals surface area (Å²) in [5, 5.41) is 7.03. The van der Waals surface area contributed by atoms with Gasteiger partial charge in [-0.3, -0.25) is 0 Å². The highest BCUT2D eigenvalue weighted by atomic mass is 19.4. The predicted octanol–water partition coefficient (Wildman–Crippen LogP) is 4.19. The lowest BCUT2D eigenvalue weighted by molar-refractivity contribution is -0.274. The Labute approximate surface area is 155 Å². The number of nitrogens with one attached hydrogen (secondary N) is 2. The van der Waals surface area contributed by atoms with E-state index in [2.05, 4.69) is 20.6 Å². The van der Waals surface area contributed by atoms with E-state index < -0.39 is 6.36 Å². The van der Waals surface area contributed by atoms with Gasteiger partial charge in [0, 0.05) is 5.54 Å². The minimum Gasteiger partial charge on any atom is -0.406 e. The number of benzene rings is 1. The molecular weight excluding hydrogens is 359 g/mol. The lowest BCUT2D eigenvalue weighted by Crippen LogP contribution is -2.61. The Bertz CT molecular complexity index is 695. The standard InChI is InChI=1S/C19H22F3N3O2/c20-19(21,22)27-16-3-1-12(2-4-16)11-23-25-17(26)24-18-8-13-5-14(9-18)7-15(6-13)10-18/h1-4,11,13-15H,5-10H2,(H2,24,25,26)/b23-11-. The zero-order valence-corrected chi connectivity index (χ0v) is 14.8. The zero-order valence-electron chi connectivity index (χ0n) is 14.8. The number of halogens is 3. The van der Waals surface area contributed by atoms with E-state index in [1.165, 1.54) is 49.7 Å². The van der Waals surface area contributed by atoms with Gasteiger partial charge >= 0.3 is 12.4 Å². The van der Waals surface area contributed by atoms with Gasteiger partial charge in [-0.15, -0.1) is 13.2 Å². The number of rotatable bonds is 4. The fourth-order valence-corrected chi connectivity index (χ4v) is 5.45. The van der Waals surface area contributed by atoms with E-state index in [9.17, 15) is 18.0 Å². The topological polar surface area (TPSA) is 62.7 Å². The second-order valence-corrected chi connectivity index (χ2v) is 8.14. The quantitative estimate of drug-likeness (QED) is 0.607. The molecular formula is C19H22F3N3O2. The van der Waals surface area contributed by atoms with Gasteiger partial charge in [0.2, 0.25) is 0 Å². The van der Waals surface area contributed by atoms with E-state index >= 15 is 0 Å². The van der Waals surface area contributed by atoms with Crippen LogP contribution in [-0.2, 0) is 0 Å². The Hall–Kier alpha value is -2.25. The Kier molecular flexibility index (Phi) is 4.52. The number of hydrazone groups is 1. The SMILES string of the molecule is O=C(N/N=C\c1ccc(OC(F)(F)F)cc1)NC12CC3CC(CC(C3)C1)C2. The number of alkyl halides is 3. The number of nitrogens with zero attached hydrogens (tertiary/aromatic N) is 1. The van der Waals surface area contributed by atoms with Crippen LogP contribution in [0.15, 0.2) is 29.4 Å². The summed E-state index contributed by atoms with van der Waals surface area (Å²) < 4.78 is 40.2. The van der Waals surface area contributed by atoms with Crippen molar-refractivity contribution in [2.24, 2.45) is 22.9 Å². The zero-order chi connectivity index (χ0) is 19.1. The third-order valence-electron chi connectivity index (χ3n) is 5.91. The molecule has 0 aliphatic heterocycles. The van der Waals surface area contributed by atoms with Crippen molar-refractivity contribution in [2.75, 3.05) is 0 Å². The van der Waals surface area contributed by atoms with Crippen LogP contribution in [0.5, 0.6) is 5.75 Å². The van der Waals surface area contributed by atoms with Gasteiger partial charge < -0.3 is 10.1 Å². The Morgan fingerprint density at radius 3 is 2.15 bits per heavy atom. The average Bonchev–Trinajstić information content (AvgIpc) is 2.53. The fourth-order valence-electron chi connectivity index (χ4n) is 5.45. The molecule has 2 amide bonds. The van der Waals surface area contributed by atoms with Crippen LogP contribution >= 0.6 is 0 Å². The normalized spacial score (nSPS) is 31.9. The molecule has 146 valence electrons. The van der Waals surface area contributed by atoms with Crippen LogP contribution in [0.25, 0.3) is 0 Å². The number of carbonyl (C=O) groups is 1. The van der Waals surface area contributed by atoms with Crippen molar-refractivity contribution in [1.29, 1.82) is 0 Å². The van der Waals surface area contributed by atoms with Gasteiger partial charge in [-0.1, -0.05) is 0 Å². The van der Waals surface area contributed by atoms with Crippen LogP contribution < -0.4 is 15.5 Å². The van der Waals surface area contributed by atoms with Gasteiger partial charge in [-0.2, -0.15) is 5.10 Å². The van der Waals surface area contributed by atoms with Crippen LogP contribution in [0.3, 0.4) is 0 Å². The molecule has 4 bridgehead atoms. The molecule has 1 aromatic carbocycles. The Morgan fingerprint density at radius 1 is 1.07 bits per heavy atom. The summed E-state index contributed by atoms with van der Waals surface area (Å²) in [6, 6.07) is 4.94. The molecule has 5 nitrogen and oxygen atoms in total. The average molecular weight is 381 g/mol. The van der Waals surface area contributed by atoms with E-state index in [-0.39, 0.29) is 17.3 Å². The molecule has 0 unspecified atom stereocenters. The minimum absolute atomic E-state index is 0.0923. The fraction of sp³-hybridized carbons (Fsp3) is 0.579. The maximum Gasteiger partial charge on any atom is 0.573 e. The summed E-state index contributed by atoms with van der Waals surface area (Å²) in [7, 11) is 0. The lowest BCUT2D eigenvalue weighted by Gasteiger charge is -2.56. The molecule has 5 rings (SSSR count). The summed E-state index contributed by atoms with van der Waals surface area (Å²) in [5.74, 6) is 1.90. The predicted molar refractivity (Wildman–Crippen MR) is 93.3 cm³/mol. The monoisotopic (exact) mass is 381 g/mol. The first-order valence-corrected chi connectivity index (χ1v) is 9.26. The molecule has 0 saturated heterocycles. The number of hydrogen-bond donors (Lipinski definition) is 2. The Morgan fingerprint density at radius 2 is 1.63 bits per heavy atom.